The minimum atomic E-state index is 0.558. The summed E-state index contributed by atoms with van der Waals surface area (Å²) in [4.78, 5) is 8.76. The van der Waals surface area contributed by atoms with Gasteiger partial charge in [0.2, 0.25) is 0 Å². The summed E-state index contributed by atoms with van der Waals surface area (Å²) in [6, 6.07) is 5.84. The maximum Gasteiger partial charge on any atom is 0.191 e. The summed E-state index contributed by atoms with van der Waals surface area (Å²) >= 11 is 0. The maximum atomic E-state index is 5.52. The highest BCUT2D eigenvalue weighted by molar-refractivity contribution is 5.79. The summed E-state index contributed by atoms with van der Waals surface area (Å²) in [6.45, 7) is 9.03. The first kappa shape index (κ1) is 19.4. The van der Waals surface area contributed by atoms with E-state index in [-0.39, 0.29) is 0 Å². The Hall–Kier alpha value is -1.66. The molecular weight excluding hydrogens is 292 g/mol. The molecule has 0 aliphatic rings. The Morgan fingerprint density at radius 2 is 1.91 bits per heavy atom. The number of pyridine rings is 1. The Kier molecular flexibility index (Phi) is 11.8. The Labute approximate surface area is 139 Å². The van der Waals surface area contributed by atoms with Gasteiger partial charge in [-0.1, -0.05) is 19.4 Å². The Morgan fingerprint density at radius 3 is 2.61 bits per heavy atom. The summed E-state index contributed by atoms with van der Waals surface area (Å²) in [5.41, 5.74) is 0.949. The van der Waals surface area contributed by atoms with Crippen molar-refractivity contribution in [2.75, 3.05) is 39.5 Å². The van der Waals surface area contributed by atoms with E-state index in [1.54, 1.807) is 6.20 Å². The van der Waals surface area contributed by atoms with Gasteiger partial charge in [-0.05, 0) is 25.5 Å². The van der Waals surface area contributed by atoms with Crippen LogP contribution in [0.1, 0.15) is 32.4 Å². The number of ether oxygens (including phenoxy) is 2. The third-order valence-electron chi connectivity index (χ3n) is 3.02. The number of aliphatic imine (C=N–C) groups is 1. The number of nitrogens with zero attached hydrogens (tertiary/aromatic N) is 2. The molecule has 23 heavy (non-hydrogen) atoms. The molecule has 0 spiro atoms. The molecule has 0 saturated heterocycles. The highest BCUT2D eigenvalue weighted by atomic mass is 16.5. The van der Waals surface area contributed by atoms with Crippen LogP contribution in [0.3, 0.4) is 0 Å². The minimum absolute atomic E-state index is 0.558. The molecule has 0 fully saturated rings. The van der Waals surface area contributed by atoms with Crippen LogP contribution >= 0.6 is 0 Å². The van der Waals surface area contributed by atoms with E-state index in [9.17, 15) is 0 Å². The van der Waals surface area contributed by atoms with Gasteiger partial charge in [0.1, 0.15) is 0 Å². The molecule has 1 rings (SSSR count). The van der Waals surface area contributed by atoms with E-state index in [0.29, 0.717) is 32.9 Å². The largest absolute Gasteiger partial charge is 0.379 e. The molecule has 0 aromatic carbocycles. The fraction of sp³-hybridized carbons (Fsp3) is 0.647. The molecule has 0 bridgehead atoms. The molecule has 0 unspecified atom stereocenters. The topological polar surface area (TPSA) is 67.8 Å². The molecule has 1 aromatic rings. The highest BCUT2D eigenvalue weighted by Crippen LogP contribution is 1.95. The van der Waals surface area contributed by atoms with Gasteiger partial charge in [-0.2, -0.15) is 0 Å². The fourth-order valence-corrected chi connectivity index (χ4v) is 1.80. The van der Waals surface area contributed by atoms with Crippen LogP contribution in [0.25, 0.3) is 0 Å². The van der Waals surface area contributed by atoms with E-state index in [1.807, 2.05) is 25.1 Å². The highest BCUT2D eigenvalue weighted by Gasteiger charge is 1.98. The van der Waals surface area contributed by atoms with Crippen molar-refractivity contribution < 1.29 is 9.47 Å². The molecule has 6 heteroatoms. The molecule has 130 valence electrons. The third-order valence-corrected chi connectivity index (χ3v) is 3.02. The van der Waals surface area contributed by atoms with E-state index in [2.05, 4.69) is 27.5 Å². The van der Waals surface area contributed by atoms with Crippen molar-refractivity contribution in [3.63, 3.8) is 0 Å². The van der Waals surface area contributed by atoms with Crippen LogP contribution in [-0.4, -0.2) is 50.5 Å². The van der Waals surface area contributed by atoms with E-state index in [4.69, 9.17) is 9.47 Å². The van der Waals surface area contributed by atoms with Crippen LogP contribution in [-0.2, 0) is 16.0 Å². The van der Waals surface area contributed by atoms with Crippen LogP contribution in [0.15, 0.2) is 29.4 Å². The van der Waals surface area contributed by atoms with Crippen LogP contribution in [0.4, 0.5) is 0 Å². The Morgan fingerprint density at radius 1 is 1.09 bits per heavy atom. The lowest BCUT2D eigenvalue weighted by molar-refractivity contribution is 0.0487. The van der Waals surface area contributed by atoms with E-state index in [0.717, 1.165) is 37.6 Å². The smallest absolute Gasteiger partial charge is 0.191 e. The quantitative estimate of drug-likeness (QED) is 0.350. The standard InChI is InChI=1S/C17H30N4O2/c1-3-5-11-22-13-14-23-12-10-20-17(18-4-2)21-15-16-8-6-7-9-19-16/h6-9H,3-5,10-15H2,1-2H3,(H2,18,20,21). The van der Waals surface area contributed by atoms with Gasteiger partial charge in [-0.3, -0.25) is 4.98 Å². The minimum Gasteiger partial charge on any atom is -0.379 e. The van der Waals surface area contributed by atoms with Gasteiger partial charge < -0.3 is 20.1 Å². The van der Waals surface area contributed by atoms with Crippen molar-refractivity contribution in [2.24, 2.45) is 4.99 Å². The molecule has 0 aliphatic heterocycles. The van der Waals surface area contributed by atoms with Gasteiger partial charge in [0.25, 0.3) is 0 Å². The molecule has 0 atom stereocenters. The Balaban J connectivity index is 2.13. The van der Waals surface area contributed by atoms with Gasteiger partial charge >= 0.3 is 0 Å². The Bertz CT molecular complexity index is 412. The average Bonchev–Trinajstić information content (AvgIpc) is 2.59. The summed E-state index contributed by atoms with van der Waals surface area (Å²) < 4.78 is 11.0. The number of guanidine groups is 1. The van der Waals surface area contributed by atoms with Crippen molar-refractivity contribution in [2.45, 2.75) is 33.2 Å². The first-order valence-electron chi connectivity index (χ1n) is 8.44. The first-order valence-corrected chi connectivity index (χ1v) is 8.44. The molecule has 0 aliphatic carbocycles. The number of hydrogen-bond acceptors (Lipinski definition) is 4. The predicted octanol–water partition coefficient (Wildman–Crippen LogP) is 1.97. The van der Waals surface area contributed by atoms with Crippen molar-refractivity contribution in [3.05, 3.63) is 30.1 Å². The lowest BCUT2D eigenvalue weighted by Crippen LogP contribution is -2.39. The predicted molar refractivity (Wildman–Crippen MR) is 93.6 cm³/mol. The number of nitrogens with one attached hydrogen (secondary N) is 2. The maximum absolute atomic E-state index is 5.52. The van der Waals surface area contributed by atoms with Gasteiger partial charge in [-0.15, -0.1) is 0 Å². The van der Waals surface area contributed by atoms with Crippen LogP contribution in [0.5, 0.6) is 0 Å². The number of hydrogen-bond donors (Lipinski definition) is 2. The van der Waals surface area contributed by atoms with Gasteiger partial charge in [-0.25, -0.2) is 4.99 Å². The second-order valence-electron chi connectivity index (χ2n) is 5.02. The van der Waals surface area contributed by atoms with E-state index < -0.39 is 0 Å². The average molecular weight is 322 g/mol. The van der Waals surface area contributed by atoms with Gasteiger partial charge in [0, 0.05) is 25.9 Å². The second kappa shape index (κ2) is 14.0. The normalized spacial score (nSPS) is 11.5. The zero-order valence-electron chi connectivity index (χ0n) is 14.4. The lowest BCUT2D eigenvalue weighted by atomic mass is 10.3. The summed E-state index contributed by atoms with van der Waals surface area (Å²) in [5, 5.41) is 6.46. The molecule has 1 aromatic heterocycles. The van der Waals surface area contributed by atoms with E-state index >= 15 is 0 Å². The third kappa shape index (κ3) is 10.7. The number of unbranched alkanes of at least 4 members (excludes halogenated alkanes) is 1. The zero-order chi connectivity index (χ0) is 16.6. The summed E-state index contributed by atoms with van der Waals surface area (Å²) in [5.74, 6) is 0.779. The lowest BCUT2D eigenvalue weighted by Gasteiger charge is -2.11. The van der Waals surface area contributed by atoms with Gasteiger partial charge in [0.15, 0.2) is 5.96 Å². The second-order valence-corrected chi connectivity index (χ2v) is 5.02. The molecule has 0 amide bonds. The van der Waals surface area contributed by atoms with Crippen LogP contribution in [0.2, 0.25) is 0 Å². The van der Waals surface area contributed by atoms with Gasteiger partial charge in [0.05, 0.1) is 32.1 Å². The monoisotopic (exact) mass is 322 g/mol. The molecule has 1 heterocycles. The first-order chi connectivity index (χ1) is 11.4. The van der Waals surface area contributed by atoms with Crippen molar-refractivity contribution in [3.8, 4) is 0 Å². The molecule has 2 N–H and O–H groups in total. The molecule has 0 radical (unpaired) electrons. The van der Waals surface area contributed by atoms with Crippen molar-refractivity contribution in [1.82, 2.24) is 15.6 Å². The van der Waals surface area contributed by atoms with E-state index in [1.165, 1.54) is 0 Å². The summed E-state index contributed by atoms with van der Waals surface area (Å²) in [7, 11) is 0. The van der Waals surface area contributed by atoms with Crippen molar-refractivity contribution >= 4 is 5.96 Å². The van der Waals surface area contributed by atoms with Crippen molar-refractivity contribution in [1.29, 1.82) is 0 Å². The molecule has 6 nitrogen and oxygen atoms in total. The SMILES string of the molecule is CCCCOCCOCCNC(=NCc1ccccn1)NCC. The number of rotatable bonds is 12. The van der Waals surface area contributed by atoms with Crippen LogP contribution in [0, 0.1) is 0 Å². The zero-order valence-corrected chi connectivity index (χ0v) is 14.4. The summed E-state index contributed by atoms with van der Waals surface area (Å²) in [6.07, 6.45) is 4.05. The van der Waals surface area contributed by atoms with Crippen LogP contribution < -0.4 is 10.6 Å². The molecular formula is C17H30N4O2. The molecule has 0 saturated carbocycles. The fourth-order valence-electron chi connectivity index (χ4n) is 1.80. The number of aromatic nitrogens is 1.